The van der Waals surface area contributed by atoms with Gasteiger partial charge in [-0.2, -0.15) is 0 Å². The van der Waals surface area contributed by atoms with E-state index in [-0.39, 0.29) is 5.91 Å². The van der Waals surface area contributed by atoms with Crippen molar-refractivity contribution in [3.8, 4) is 5.75 Å². The lowest BCUT2D eigenvalue weighted by Gasteiger charge is -2.32. The maximum absolute atomic E-state index is 12.4. The minimum Gasteiger partial charge on any atom is -0.490 e. The summed E-state index contributed by atoms with van der Waals surface area (Å²) in [5, 5.41) is 2.88. The quantitative estimate of drug-likeness (QED) is 0.566. The van der Waals surface area contributed by atoms with Crippen LogP contribution in [0.4, 0.5) is 0 Å². The van der Waals surface area contributed by atoms with Gasteiger partial charge >= 0.3 is 7.12 Å². The standard InChI is InChI=1S/C19H30BNO5/c1-7-10-21-17(22)15-9-8-14(13-16(15)24-12-11-23-6)20-25-18(2,3)19(4,5)26-20/h8-9,13H,7,10-12H2,1-6H3,(H,21,22). The fraction of sp³-hybridized carbons (Fsp3) is 0.632. The van der Waals surface area contributed by atoms with Gasteiger partial charge in [0, 0.05) is 13.7 Å². The van der Waals surface area contributed by atoms with Crippen molar-refractivity contribution in [3.05, 3.63) is 23.8 Å². The molecule has 2 rings (SSSR count). The number of amides is 1. The first-order valence-electron chi connectivity index (χ1n) is 9.11. The molecular weight excluding hydrogens is 333 g/mol. The summed E-state index contributed by atoms with van der Waals surface area (Å²) in [6.07, 6.45) is 0.873. The Hall–Kier alpha value is -1.57. The van der Waals surface area contributed by atoms with Crippen LogP contribution in [0.5, 0.6) is 5.75 Å². The minimum atomic E-state index is -0.502. The second kappa shape index (κ2) is 8.42. The van der Waals surface area contributed by atoms with Gasteiger partial charge in [-0.05, 0) is 51.7 Å². The molecule has 0 unspecified atom stereocenters. The Bertz CT molecular complexity index is 616. The van der Waals surface area contributed by atoms with E-state index in [9.17, 15) is 4.79 Å². The zero-order chi connectivity index (χ0) is 19.4. The molecule has 1 amide bonds. The van der Waals surface area contributed by atoms with Crippen LogP contribution in [0, 0.1) is 0 Å². The van der Waals surface area contributed by atoms with E-state index in [2.05, 4.69) is 5.32 Å². The number of rotatable bonds is 8. The normalized spacial score (nSPS) is 18.0. The molecule has 0 aliphatic carbocycles. The van der Waals surface area contributed by atoms with Crippen LogP contribution in [-0.2, 0) is 14.0 Å². The zero-order valence-electron chi connectivity index (χ0n) is 16.7. The molecule has 1 aliphatic rings. The lowest BCUT2D eigenvalue weighted by molar-refractivity contribution is 0.00578. The predicted molar refractivity (Wildman–Crippen MR) is 102 cm³/mol. The number of methoxy groups -OCH3 is 1. The summed E-state index contributed by atoms with van der Waals surface area (Å²) in [5.41, 5.74) is 0.468. The maximum Gasteiger partial charge on any atom is 0.494 e. The van der Waals surface area contributed by atoms with Crippen LogP contribution in [0.1, 0.15) is 51.4 Å². The molecule has 1 N–H and O–H groups in total. The van der Waals surface area contributed by atoms with Crippen LogP contribution in [-0.4, -0.2) is 51.1 Å². The Morgan fingerprint density at radius 1 is 1.15 bits per heavy atom. The van der Waals surface area contributed by atoms with Crippen LogP contribution >= 0.6 is 0 Å². The van der Waals surface area contributed by atoms with E-state index in [4.69, 9.17) is 18.8 Å². The summed E-state index contributed by atoms with van der Waals surface area (Å²) in [4.78, 5) is 12.4. The molecule has 1 aromatic carbocycles. The average Bonchev–Trinajstić information content (AvgIpc) is 2.80. The molecule has 0 spiro atoms. The topological polar surface area (TPSA) is 66.0 Å². The van der Waals surface area contributed by atoms with Crippen LogP contribution in [0.25, 0.3) is 0 Å². The van der Waals surface area contributed by atoms with E-state index in [0.717, 1.165) is 11.9 Å². The number of benzene rings is 1. The monoisotopic (exact) mass is 363 g/mol. The Kier molecular flexibility index (Phi) is 6.72. The molecule has 7 heteroatoms. The molecule has 0 bridgehead atoms. The first kappa shape index (κ1) is 20.7. The van der Waals surface area contributed by atoms with Gasteiger partial charge in [-0.3, -0.25) is 4.79 Å². The molecule has 1 saturated heterocycles. The molecule has 6 nitrogen and oxygen atoms in total. The van der Waals surface area contributed by atoms with Crippen LogP contribution < -0.4 is 15.5 Å². The maximum atomic E-state index is 12.4. The van der Waals surface area contributed by atoms with Crippen LogP contribution in [0.15, 0.2) is 18.2 Å². The molecule has 0 atom stereocenters. The molecule has 1 heterocycles. The molecular formula is C19H30BNO5. The summed E-state index contributed by atoms with van der Waals surface area (Å²) in [7, 11) is 1.11. The van der Waals surface area contributed by atoms with Gasteiger partial charge in [0.15, 0.2) is 0 Å². The highest BCUT2D eigenvalue weighted by Crippen LogP contribution is 2.36. The van der Waals surface area contributed by atoms with E-state index >= 15 is 0 Å². The fourth-order valence-electron chi connectivity index (χ4n) is 2.54. The van der Waals surface area contributed by atoms with Crippen molar-refractivity contribution < 1.29 is 23.6 Å². The smallest absolute Gasteiger partial charge is 0.490 e. The number of ether oxygens (including phenoxy) is 2. The van der Waals surface area contributed by atoms with Gasteiger partial charge in [-0.25, -0.2) is 0 Å². The Balaban J connectivity index is 2.26. The third-order valence-corrected chi connectivity index (χ3v) is 4.86. The van der Waals surface area contributed by atoms with Gasteiger partial charge in [0.1, 0.15) is 12.4 Å². The molecule has 1 aromatic rings. The lowest BCUT2D eigenvalue weighted by atomic mass is 9.78. The highest BCUT2D eigenvalue weighted by atomic mass is 16.7. The van der Waals surface area contributed by atoms with Gasteiger partial charge in [0.05, 0.1) is 23.4 Å². The van der Waals surface area contributed by atoms with Crippen LogP contribution in [0.3, 0.4) is 0 Å². The van der Waals surface area contributed by atoms with Crippen molar-refractivity contribution in [1.29, 1.82) is 0 Å². The van der Waals surface area contributed by atoms with E-state index in [1.165, 1.54) is 0 Å². The molecule has 1 aliphatic heterocycles. The predicted octanol–water partition coefficient (Wildman–Crippen LogP) is 2.15. The van der Waals surface area contributed by atoms with Gasteiger partial charge in [0.2, 0.25) is 0 Å². The zero-order valence-corrected chi connectivity index (χ0v) is 16.7. The fourth-order valence-corrected chi connectivity index (χ4v) is 2.54. The van der Waals surface area contributed by atoms with E-state index in [1.54, 1.807) is 13.2 Å². The van der Waals surface area contributed by atoms with E-state index in [1.807, 2.05) is 46.8 Å². The van der Waals surface area contributed by atoms with Crippen molar-refractivity contribution in [2.45, 2.75) is 52.2 Å². The molecule has 0 radical (unpaired) electrons. The SMILES string of the molecule is CCCNC(=O)c1ccc(B2OC(C)(C)C(C)(C)O2)cc1OCCOC. The summed E-state index contributed by atoms with van der Waals surface area (Å²) >= 11 is 0. The lowest BCUT2D eigenvalue weighted by Crippen LogP contribution is -2.41. The highest BCUT2D eigenvalue weighted by Gasteiger charge is 2.51. The number of carbonyl (C=O) groups excluding carboxylic acids is 1. The Labute approximate surface area is 156 Å². The molecule has 0 saturated carbocycles. The Morgan fingerprint density at radius 2 is 1.81 bits per heavy atom. The van der Waals surface area contributed by atoms with Gasteiger partial charge in [-0.1, -0.05) is 13.0 Å². The second-order valence-corrected chi connectivity index (χ2v) is 7.44. The molecule has 26 heavy (non-hydrogen) atoms. The molecule has 1 fully saturated rings. The highest BCUT2D eigenvalue weighted by molar-refractivity contribution is 6.62. The van der Waals surface area contributed by atoms with Crippen molar-refractivity contribution >= 4 is 18.5 Å². The summed E-state index contributed by atoms with van der Waals surface area (Å²) in [6.45, 7) is 11.5. The van der Waals surface area contributed by atoms with Gasteiger partial charge < -0.3 is 24.1 Å². The first-order valence-corrected chi connectivity index (χ1v) is 9.11. The van der Waals surface area contributed by atoms with Gasteiger partial charge in [0.25, 0.3) is 5.91 Å². The summed E-state index contributed by atoms with van der Waals surface area (Å²) < 4.78 is 23.0. The molecule has 144 valence electrons. The van der Waals surface area contributed by atoms with E-state index in [0.29, 0.717) is 31.1 Å². The van der Waals surface area contributed by atoms with Crippen LogP contribution in [0.2, 0.25) is 0 Å². The van der Waals surface area contributed by atoms with Crippen molar-refractivity contribution in [2.75, 3.05) is 26.9 Å². The Morgan fingerprint density at radius 3 is 2.38 bits per heavy atom. The largest absolute Gasteiger partial charge is 0.494 e. The first-order chi connectivity index (χ1) is 12.2. The van der Waals surface area contributed by atoms with Crippen molar-refractivity contribution in [2.24, 2.45) is 0 Å². The summed E-state index contributed by atoms with van der Waals surface area (Å²) in [6, 6.07) is 5.43. The second-order valence-electron chi connectivity index (χ2n) is 7.44. The van der Waals surface area contributed by atoms with Gasteiger partial charge in [-0.15, -0.1) is 0 Å². The number of hydrogen-bond donors (Lipinski definition) is 1. The number of nitrogens with one attached hydrogen (secondary N) is 1. The minimum absolute atomic E-state index is 0.153. The number of carbonyl (C=O) groups is 1. The third kappa shape index (κ3) is 4.58. The molecule has 0 aromatic heterocycles. The van der Waals surface area contributed by atoms with Crippen molar-refractivity contribution in [3.63, 3.8) is 0 Å². The van der Waals surface area contributed by atoms with Crippen molar-refractivity contribution in [1.82, 2.24) is 5.32 Å². The number of hydrogen-bond acceptors (Lipinski definition) is 5. The third-order valence-electron chi connectivity index (χ3n) is 4.86. The summed E-state index contributed by atoms with van der Waals surface area (Å²) in [5.74, 6) is 0.350. The average molecular weight is 363 g/mol. The van der Waals surface area contributed by atoms with E-state index < -0.39 is 18.3 Å².